The van der Waals surface area contributed by atoms with Gasteiger partial charge in [-0.1, -0.05) is 35.9 Å². The third kappa shape index (κ3) is 4.07. The van der Waals surface area contributed by atoms with Gasteiger partial charge < -0.3 is 9.80 Å². The Morgan fingerprint density at radius 2 is 1.70 bits per heavy atom. The number of hydrogen-bond acceptors (Lipinski definition) is 4. The van der Waals surface area contributed by atoms with Crippen LogP contribution in [0.25, 0.3) is 0 Å². The smallest absolute Gasteiger partial charge is 0.214 e. The predicted octanol–water partition coefficient (Wildman–Crippen LogP) is 3.02. The largest absolute Gasteiger partial charge is 0.360 e. The topological polar surface area (TPSA) is 51.3 Å². The molecule has 1 atom stereocenters. The van der Waals surface area contributed by atoms with Crippen molar-refractivity contribution in [3.63, 3.8) is 0 Å². The Hall–Kier alpha value is -2.44. The van der Waals surface area contributed by atoms with Gasteiger partial charge in [0.15, 0.2) is 6.04 Å². The predicted molar refractivity (Wildman–Crippen MR) is 120 cm³/mol. The summed E-state index contributed by atoms with van der Waals surface area (Å²) in [5.41, 5.74) is 5.27. The number of piperazine rings is 1. The zero-order valence-corrected chi connectivity index (χ0v) is 18.9. The highest BCUT2D eigenvalue weighted by Gasteiger charge is 2.35. The molecule has 2 heterocycles. The fraction of sp³-hybridized carbons (Fsp3) is 0.435. The molecule has 7 heteroatoms. The summed E-state index contributed by atoms with van der Waals surface area (Å²) < 4.78 is 1.95. The molecule has 0 unspecified atom stereocenters. The summed E-state index contributed by atoms with van der Waals surface area (Å²) in [4.78, 5) is 3.99. The molecule has 2 aromatic carbocycles. The van der Waals surface area contributed by atoms with Crippen LogP contribution in [0.3, 0.4) is 0 Å². The molecule has 30 heavy (non-hydrogen) atoms. The third-order valence-electron chi connectivity index (χ3n) is 6.20. The highest BCUT2D eigenvalue weighted by atomic mass is 35.5. The molecule has 1 aromatic heterocycles. The van der Waals surface area contributed by atoms with Crippen molar-refractivity contribution in [1.29, 1.82) is 0 Å². The van der Waals surface area contributed by atoms with Gasteiger partial charge >= 0.3 is 0 Å². The fourth-order valence-corrected chi connectivity index (χ4v) is 4.51. The number of benzene rings is 2. The van der Waals surface area contributed by atoms with Crippen LogP contribution in [-0.2, 0) is 0 Å². The van der Waals surface area contributed by atoms with E-state index in [0.29, 0.717) is 0 Å². The first-order valence-corrected chi connectivity index (χ1v) is 11.0. The first kappa shape index (κ1) is 20.8. The highest BCUT2D eigenvalue weighted by molar-refractivity contribution is 6.30. The van der Waals surface area contributed by atoms with Crippen LogP contribution in [-0.4, -0.2) is 46.4 Å². The molecule has 6 nitrogen and oxygen atoms in total. The molecule has 1 aliphatic heterocycles. The van der Waals surface area contributed by atoms with Gasteiger partial charge in [0.2, 0.25) is 5.82 Å². The van der Waals surface area contributed by atoms with Crippen molar-refractivity contribution in [3.8, 4) is 0 Å². The average molecular weight is 426 g/mol. The van der Waals surface area contributed by atoms with E-state index in [0.717, 1.165) is 37.0 Å². The number of aromatic nitrogens is 4. The van der Waals surface area contributed by atoms with Gasteiger partial charge in [0.25, 0.3) is 0 Å². The van der Waals surface area contributed by atoms with E-state index in [1.54, 1.807) is 0 Å². The molecule has 0 spiro atoms. The Balaban J connectivity index is 1.62. The van der Waals surface area contributed by atoms with E-state index in [1.165, 1.54) is 27.3 Å². The Morgan fingerprint density at radius 3 is 2.37 bits per heavy atom. The van der Waals surface area contributed by atoms with Crippen molar-refractivity contribution in [2.24, 2.45) is 0 Å². The van der Waals surface area contributed by atoms with Crippen LogP contribution >= 0.6 is 11.6 Å². The van der Waals surface area contributed by atoms with Gasteiger partial charge in [-0.25, -0.2) is 4.68 Å². The second-order valence-electron chi connectivity index (χ2n) is 8.42. The van der Waals surface area contributed by atoms with Gasteiger partial charge in [0, 0.05) is 16.3 Å². The van der Waals surface area contributed by atoms with Gasteiger partial charge in [-0.05, 0) is 67.4 Å². The van der Waals surface area contributed by atoms with Crippen LogP contribution in [0.2, 0.25) is 5.02 Å². The molecule has 3 aromatic rings. The number of quaternary nitrogens is 1. The van der Waals surface area contributed by atoms with Crippen LogP contribution in [0.4, 0.5) is 5.69 Å². The van der Waals surface area contributed by atoms with Gasteiger partial charge in [-0.15, -0.1) is 5.10 Å². The van der Waals surface area contributed by atoms with Crippen molar-refractivity contribution in [2.75, 3.05) is 31.1 Å². The summed E-state index contributed by atoms with van der Waals surface area (Å²) in [6, 6.07) is 15.0. The second-order valence-corrected chi connectivity index (χ2v) is 8.86. The van der Waals surface area contributed by atoms with Crippen molar-refractivity contribution in [1.82, 2.24) is 20.2 Å². The number of aryl methyl sites for hydroxylation is 1. The third-order valence-corrected chi connectivity index (χ3v) is 6.45. The minimum atomic E-state index is 0.0837. The molecule has 0 bridgehead atoms. The van der Waals surface area contributed by atoms with Crippen LogP contribution < -0.4 is 9.80 Å². The molecule has 4 rings (SSSR count). The van der Waals surface area contributed by atoms with E-state index in [1.807, 2.05) is 16.8 Å². The summed E-state index contributed by atoms with van der Waals surface area (Å²) in [6.07, 6.45) is 0. The van der Waals surface area contributed by atoms with Crippen LogP contribution in [0.5, 0.6) is 0 Å². The summed E-state index contributed by atoms with van der Waals surface area (Å²) in [5.74, 6) is 0.919. The number of anilines is 1. The lowest BCUT2D eigenvalue weighted by Crippen LogP contribution is -3.15. The number of nitrogens with one attached hydrogen (secondary N) is 1. The quantitative estimate of drug-likeness (QED) is 0.682. The second kappa shape index (κ2) is 8.74. The molecule has 0 aliphatic carbocycles. The Labute approximate surface area is 183 Å². The van der Waals surface area contributed by atoms with Crippen molar-refractivity contribution < 1.29 is 4.90 Å². The molecule has 1 saturated heterocycles. The number of hydrogen-bond donors (Lipinski definition) is 1. The van der Waals surface area contributed by atoms with Crippen LogP contribution in [0.15, 0.2) is 42.5 Å². The lowest BCUT2D eigenvalue weighted by atomic mass is 10.0. The van der Waals surface area contributed by atoms with Crippen LogP contribution in [0.1, 0.15) is 48.4 Å². The van der Waals surface area contributed by atoms with Crippen molar-refractivity contribution >= 4 is 17.3 Å². The minimum Gasteiger partial charge on any atom is -0.360 e. The molecule has 1 fully saturated rings. The lowest BCUT2D eigenvalue weighted by Gasteiger charge is -2.38. The standard InChI is InChI=1S/C23H29ClN6/c1-16(2)30-23(25-26-27-30)22(19-8-10-20(24)11-9-19)29-14-12-28(13-15-29)21-7-5-6-17(3)18(21)4/h5-11,16,22H,12-15H2,1-4H3/p+1/t22-/m1/s1. The SMILES string of the molecule is Cc1cccc(N2CC[NH+]([C@H](c3ccc(Cl)cc3)c3nnnn3C(C)C)CC2)c1C. The maximum Gasteiger partial charge on any atom is 0.214 e. The number of nitrogens with zero attached hydrogens (tertiary/aromatic N) is 5. The highest BCUT2D eigenvalue weighted by Crippen LogP contribution is 2.24. The van der Waals surface area contributed by atoms with E-state index in [-0.39, 0.29) is 12.1 Å². The van der Waals surface area contributed by atoms with E-state index in [2.05, 4.69) is 78.5 Å². The summed E-state index contributed by atoms with van der Waals surface area (Å²) >= 11 is 6.16. The van der Waals surface area contributed by atoms with Gasteiger partial charge in [-0.2, -0.15) is 0 Å². The first-order chi connectivity index (χ1) is 14.5. The van der Waals surface area contributed by atoms with Crippen LogP contribution in [0, 0.1) is 13.8 Å². The zero-order valence-electron chi connectivity index (χ0n) is 18.1. The maximum atomic E-state index is 6.16. The summed E-state index contributed by atoms with van der Waals surface area (Å²) in [5, 5.41) is 13.5. The minimum absolute atomic E-state index is 0.0837. The normalized spacial score (nSPS) is 16.3. The lowest BCUT2D eigenvalue weighted by molar-refractivity contribution is -0.927. The maximum absolute atomic E-state index is 6.16. The van der Waals surface area contributed by atoms with Crippen molar-refractivity contribution in [2.45, 2.75) is 39.8 Å². The Morgan fingerprint density at radius 1 is 1.00 bits per heavy atom. The average Bonchev–Trinajstić information content (AvgIpc) is 3.22. The van der Waals surface area contributed by atoms with E-state index in [9.17, 15) is 0 Å². The summed E-state index contributed by atoms with van der Waals surface area (Å²) in [6.45, 7) is 12.7. The summed E-state index contributed by atoms with van der Waals surface area (Å²) in [7, 11) is 0. The van der Waals surface area contributed by atoms with Gasteiger partial charge in [0.1, 0.15) is 0 Å². The number of rotatable bonds is 5. The molecule has 1 aliphatic rings. The molecule has 0 saturated carbocycles. The zero-order chi connectivity index (χ0) is 21.3. The van der Waals surface area contributed by atoms with E-state index < -0.39 is 0 Å². The molecular weight excluding hydrogens is 396 g/mol. The number of tetrazole rings is 1. The molecule has 0 amide bonds. The molecule has 0 radical (unpaired) electrons. The molecule has 158 valence electrons. The van der Waals surface area contributed by atoms with E-state index >= 15 is 0 Å². The fourth-order valence-electron chi connectivity index (χ4n) is 4.38. The van der Waals surface area contributed by atoms with E-state index in [4.69, 9.17) is 11.6 Å². The number of halogens is 1. The first-order valence-electron chi connectivity index (χ1n) is 10.6. The molecular formula is C23H30ClN6+. The van der Waals surface area contributed by atoms with Gasteiger partial charge in [0.05, 0.1) is 32.2 Å². The molecule has 1 N–H and O–H groups in total. The monoisotopic (exact) mass is 425 g/mol. The Kier molecular flexibility index (Phi) is 6.06. The van der Waals surface area contributed by atoms with Crippen molar-refractivity contribution in [3.05, 3.63) is 70.0 Å². The van der Waals surface area contributed by atoms with Gasteiger partial charge in [-0.3, -0.25) is 0 Å². The Bertz CT molecular complexity index is 989.